The maximum Gasteiger partial charge on any atom is 0.323 e. The molecule has 1 aliphatic heterocycles. The first-order valence-corrected chi connectivity index (χ1v) is 15.8. The zero-order valence-electron chi connectivity index (χ0n) is 23.3. The fourth-order valence-corrected chi connectivity index (χ4v) is 7.48. The highest BCUT2D eigenvalue weighted by Gasteiger charge is 2.40. The summed E-state index contributed by atoms with van der Waals surface area (Å²) < 4.78 is 47.3. The summed E-state index contributed by atoms with van der Waals surface area (Å²) in [4.78, 5) is 25.8. The molecular formula is C32H43ClFN3O5S2. The van der Waals surface area contributed by atoms with Gasteiger partial charge in [-0.05, 0) is 46.9 Å². The smallest absolute Gasteiger partial charge is 0.323 e. The number of esters is 1. The topological polar surface area (TPSA) is 119 Å². The molecule has 3 aromatic rings. The molecule has 3 aromatic carbocycles. The van der Waals surface area contributed by atoms with Crippen molar-refractivity contribution in [1.29, 1.82) is 0 Å². The summed E-state index contributed by atoms with van der Waals surface area (Å²) >= 11 is 1.23. The minimum absolute atomic E-state index is 0. The lowest BCUT2D eigenvalue weighted by atomic mass is 10.0. The van der Waals surface area contributed by atoms with Crippen molar-refractivity contribution in [3.05, 3.63) is 90.2 Å². The standard InChI is InChI=1S/C30H34FN3O5S2.2CH4.ClH/c1-20(2)27(32)30(36)39-18-16-26(23-8-12-24(31)13-9-23)33-28(35)29-34(17-19-40-29)41(37,38)25-14-10-22(11-15-25)21-6-4-3-5-7-21;;;/h3-15,20,26-27,29H,16-19,32H2,1-2H3,(H,33,35);2*1H4;1H/t26-,27-,29-;;;/m0.../s1. The first-order valence-electron chi connectivity index (χ1n) is 13.3. The number of nitrogens with two attached hydrogens (primary N) is 1. The molecular weight excluding hydrogens is 625 g/mol. The van der Waals surface area contributed by atoms with Crippen LogP contribution in [0.4, 0.5) is 4.39 Å². The van der Waals surface area contributed by atoms with Crippen LogP contribution in [0, 0.1) is 11.7 Å². The van der Waals surface area contributed by atoms with Gasteiger partial charge >= 0.3 is 5.97 Å². The first-order chi connectivity index (χ1) is 19.6. The van der Waals surface area contributed by atoms with Gasteiger partial charge in [-0.25, -0.2) is 12.8 Å². The molecule has 44 heavy (non-hydrogen) atoms. The predicted molar refractivity (Wildman–Crippen MR) is 178 cm³/mol. The Morgan fingerprint density at radius 2 is 1.59 bits per heavy atom. The van der Waals surface area contributed by atoms with Gasteiger partial charge in [0.15, 0.2) is 0 Å². The van der Waals surface area contributed by atoms with E-state index >= 15 is 0 Å². The molecule has 0 spiro atoms. The average molecular weight is 668 g/mol. The van der Waals surface area contributed by atoms with E-state index in [1.807, 2.05) is 44.2 Å². The number of hydrogen-bond acceptors (Lipinski definition) is 7. The van der Waals surface area contributed by atoms with Gasteiger partial charge in [0.1, 0.15) is 17.2 Å². The first kappa shape index (κ1) is 39.1. The van der Waals surface area contributed by atoms with E-state index in [0.717, 1.165) is 11.1 Å². The third kappa shape index (κ3) is 9.52. The highest BCUT2D eigenvalue weighted by Crippen LogP contribution is 2.32. The zero-order chi connectivity index (χ0) is 29.6. The highest BCUT2D eigenvalue weighted by molar-refractivity contribution is 8.02. The molecule has 0 bridgehead atoms. The van der Waals surface area contributed by atoms with Gasteiger partial charge in [-0.15, -0.1) is 24.2 Å². The Kier molecular flexibility index (Phi) is 15.5. The molecule has 4 rings (SSSR count). The van der Waals surface area contributed by atoms with Gasteiger partial charge in [-0.2, -0.15) is 4.31 Å². The molecule has 3 atom stereocenters. The Labute approximate surface area is 271 Å². The van der Waals surface area contributed by atoms with E-state index in [1.54, 1.807) is 24.3 Å². The second kappa shape index (κ2) is 17.5. The third-order valence-corrected chi connectivity index (χ3v) is 10.1. The lowest BCUT2D eigenvalue weighted by Crippen LogP contribution is -2.46. The Bertz CT molecular complexity index is 1440. The minimum atomic E-state index is -3.96. The molecule has 3 N–H and O–H groups in total. The SMILES string of the molecule is C.C.CC(C)[C@H](N)C(=O)OCC[C@H](NC(=O)[C@@H]1SCCN1S(=O)(=O)c1ccc(-c2ccccc2)cc1)c1ccc(F)cc1.Cl. The number of ether oxygens (including phenoxy) is 1. The number of halogens is 2. The average Bonchev–Trinajstić information content (AvgIpc) is 3.48. The van der Waals surface area contributed by atoms with E-state index in [0.29, 0.717) is 11.3 Å². The summed E-state index contributed by atoms with van der Waals surface area (Å²) in [5, 5.41) is 1.90. The molecule has 0 radical (unpaired) electrons. The van der Waals surface area contributed by atoms with Crippen LogP contribution in [0.1, 0.15) is 46.7 Å². The second-order valence-corrected chi connectivity index (χ2v) is 13.1. The number of rotatable bonds is 11. The van der Waals surface area contributed by atoms with Crippen molar-refractivity contribution >= 4 is 46.1 Å². The molecule has 8 nitrogen and oxygen atoms in total. The van der Waals surface area contributed by atoms with Gasteiger partial charge in [0.05, 0.1) is 17.5 Å². The minimum Gasteiger partial charge on any atom is -0.464 e. The summed E-state index contributed by atoms with van der Waals surface area (Å²) in [6.45, 7) is 3.76. The fraction of sp³-hybridized carbons (Fsp3) is 0.375. The molecule has 1 fully saturated rings. The normalized spacial score (nSPS) is 16.1. The molecule has 242 valence electrons. The Balaban J connectivity index is 0.00000323. The summed E-state index contributed by atoms with van der Waals surface area (Å²) in [6, 6.07) is 20.4. The monoisotopic (exact) mass is 667 g/mol. The van der Waals surface area contributed by atoms with Gasteiger partial charge < -0.3 is 15.8 Å². The van der Waals surface area contributed by atoms with E-state index in [9.17, 15) is 22.4 Å². The maximum atomic E-state index is 13.6. The molecule has 0 aromatic heterocycles. The van der Waals surface area contributed by atoms with Crippen molar-refractivity contribution in [3.8, 4) is 11.1 Å². The van der Waals surface area contributed by atoms with Crippen molar-refractivity contribution < 1.29 is 27.1 Å². The number of carbonyl (C=O) groups is 2. The van der Waals surface area contributed by atoms with Crippen LogP contribution in [-0.2, 0) is 24.3 Å². The Morgan fingerprint density at radius 1 is 1.00 bits per heavy atom. The molecule has 1 heterocycles. The number of benzene rings is 3. The van der Waals surface area contributed by atoms with E-state index in [1.165, 1.54) is 40.3 Å². The summed E-state index contributed by atoms with van der Waals surface area (Å²) in [5.74, 6) is -1.14. The van der Waals surface area contributed by atoms with Crippen LogP contribution in [0.2, 0.25) is 0 Å². The van der Waals surface area contributed by atoms with Crippen molar-refractivity contribution in [1.82, 2.24) is 9.62 Å². The van der Waals surface area contributed by atoms with Crippen LogP contribution >= 0.6 is 24.2 Å². The van der Waals surface area contributed by atoms with Crippen LogP contribution in [0.25, 0.3) is 11.1 Å². The number of sulfonamides is 1. The molecule has 1 amide bonds. The van der Waals surface area contributed by atoms with Gasteiger partial charge in [0, 0.05) is 18.7 Å². The van der Waals surface area contributed by atoms with Gasteiger partial charge in [-0.1, -0.05) is 83.3 Å². The Morgan fingerprint density at radius 3 is 2.18 bits per heavy atom. The molecule has 1 saturated heterocycles. The number of carbonyl (C=O) groups excluding carboxylic acids is 2. The van der Waals surface area contributed by atoms with E-state index in [2.05, 4.69) is 5.32 Å². The van der Waals surface area contributed by atoms with Crippen molar-refractivity contribution in [2.75, 3.05) is 18.9 Å². The lowest BCUT2D eigenvalue weighted by Gasteiger charge is -2.26. The maximum absolute atomic E-state index is 13.6. The van der Waals surface area contributed by atoms with Crippen LogP contribution in [0.5, 0.6) is 0 Å². The van der Waals surface area contributed by atoms with Crippen LogP contribution in [0.3, 0.4) is 0 Å². The van der Waals surface area contributed by atoms with Crippen molar-refractivity contribution in [3.63, 3.8) is 0 Å². The summed E-state index contributed by atoms with van der Waals surface area (Å²) in [7, 11) is -3.96. The summed E-state index contributed by atoms with van der Waals surface area (Å²) in [5.41, 5.74) is 8.30. The quantitative estimate of drug-likeness (QED) is 0.240. The number of nitrogens with zero attached hydrogens (tertiary/aromatic N) is 1. The number of nitrogens with one attached hydrogen (secondary N) is 1. The van der Waals surface area contributed by atoms with E-state index < -0.39 is 45.2 Å². The van der Waals surface area contributed by atoms with Gasteiger partial charge in [0.25, 0.3) is 0 Å². The molecule has 12 heteroatoms. The largest absolute Gasteiger partial charge is 0.464 e. The van der Waals surface area contributed by atoms with Gasteiger partial charge in [-0.3, -0.25) is 9.59 Å². The lowest BCUT2D eigenvalue weighted by molar-refractivity contribution is -0.146. The molecule has 0 aliphatic carbocycles. The van der Waals surface area contributed by atoms with E-state index in [-0.39, 0.29) is 57.6 Å². The van der Waals surface area contributed by atoms with E-state index in [4.69, 9.17) is 10.5 Å². The van der Waals surface area contributed by atoms with Crippen molar-refractivity contribution in [2.24, 2.45) is 11.7 Å². The molecule has 0 unspecified atom stereocenters. The summed E-state index contributed by atoms with van der Waals surface area (Å²) in [6.07, 6.45) is 0.193. The van der Waals surface area contributed by atoms with Crippen LogP contribution in [-0.4, -0.2) is 54.9 Å². The molecule has 1 aliphatic rings. The third-order valence-electron chi connectivity index (χ3n) is 6.87. The predicted octanol–water partition coefficient (Wildman–Crippen LogP) is 6.02. The van der Waals surface area contributed by atoms with Crippen LogP contribution < -0.4 is 11.1 Å². The fourth-order valence-electron chi connectivity index (χ4n) is 4.40. The number of amides is 1. The number of hydrogen-bond donors (Lipinski definition) is 2. The van der Waals surface area contributed by atoms with Gasteiger partial charge in [0.2, 0.25) is 15.9 Å². The molecule has 0 saturated carbocycles. The zero-order valence-corrected chi connectivity index (χ0v) is 25.8. The second-order valence-electron chi connectivity index (χ2n) is 10.1. The van der Waals surface area contributed by atoms with Crippen LogP contribution in [0.15, 0.2) is 83.8 Å². The number of thioether (sulfide) groups is 1. The van der Waals surface area contributed by atoms with Crippen molar-refractivity contribution in [2.45, 2.75) is 57.5 Å². The highest BCUT2D eigenvalue weighted by atomic mass is 35.5. The Hall–Kier alpha value is -2.96.